The number of likely N-dealkylation sites (N-methyl/N-ethyl adjacent to an activating group) is 1. The number of quaternary nitrogens is 1. The number of nitrogens with one attached hydrogen (secondary N) is 1. The molecule has 1 amide bonds. The Labute approximate surface area is 551 Å². The molecule has 0 heterocycles. The number of phosphoric acid groups is 1. The molecule has 0 saturated carbocycles. The monoisotopic (exact) mass is 1260 g/mol. The lowest BCUT2D eigenvalue weighted by Crippen LogP contribution is -2.47. The molecule has 0 aromatic heterocycles. The zero-order valence-electron chi connectivity index (χ0n) is 59.1. The molecule has 0 rings (SSSR count). The Kier molecular flexibility index (Phi) is 65.5. The van der Waals surface area contributed by atoms with Crippen LogP contribution in [0.5, 0.6) is 0 Å². The minimum atomic E-state index is -4.71. The Morgan fingerprint density at radius 2 is 0.719 bits per heavy atom. The molecule has 0 aliphatic heterocycles. The van der Waals surface area contributed by atoms with Gasteiger partial charge in [0, 0.05) is 12.8 Å². The van der Waals surface area contributed by atoms with Crippen molar-refractivity contribution in [2.75, 3.05) is 40.9 Å². The lowest BCUT2D eigenvalue weighted by atomic mass is 10.0. The van der Waals surface area contributed by atoms with Crippen molar-refractivity contribution in [2.24, 2.45) is 0 Å². The number of hydrogen-bond donors (Lipinski definition) is 1. The number of rotatable bonds is 68. The Morgan fingerprint density at radius 1 is 0.404 bits per heavy atom. The zero-order valence-corrected chi connectivity index (χ0v) is 60.0. The van der Waals surface area contributed by atoms with E-state index in [-0.39, 0.29) is 24.9 Å². The molecule has 516 valence electrons. The van der Waals surface area contributed by atoms with Gasteiger partial charge in [-0.25, -0.2) is 0 Å². The van der Waals surface area contributed by atoms with Crippen LogP contribution in [0.4, 0.5) is 0 Å². The van der Waals surface area contributed by atoms with Gasteiger partial charge in [-0.05, 0) is 109 Å². The van der Waals surface area contributed by atoms with Crippen LogP contribution >= 0.6 is 7.82 Å². The van der Waals surface area contributed by atoms with Gasteiger partial charge in [-0.3, -0.25) is 14.2 Å². The Morgan fingerprint density at radius 3 is 1.10 bits per heavy atom. The molecule has 1 N–H and O–H groups in total. The van der Waals surface area contributed by atoms with E-state index in [1.807, 2.05) is 33.3 Å². The van der Waals surface area contributed by atoms with Crippen molar-refractivity contribution in [1.29, 1.82) is 0 Å². The van der Waals surface area contributed by atoms with Gasteiger partial charge in [0.05, 0.1) is 33.8 Å². The minimum Gasteiger partial charge on any atom is -0.756 e. The number of nitrogens with zero attached hydrogens (tertiary/aromatic N) is 1. The molecule has 0 aliphatic carbocycles. The van der Waals surface area contributed by atoms with E-state index in [4.69, 9.17) is 13.8 Å². The van der Waals surface area contributed by atoms with Crippen molar-refractivity contribution in [1.82, 2.24) is 5.32 Å². The second-order valence-corrected chi connectivity index (χ2v) is 27.8. The average Bonchev–Trinajstić information content (AvgIpc) is 3.64. The number of phosphoric ester groups is 1. The van der Waals surface area contributed by atoms with Gasteiger partial charge in [-0.15, -0.1) is 0 Å². The SMILES string of the molecule is CC/C=C\C/C=C\C/C=C\C/C=C\C/C=C\CCCCCCCCCCCC(=O)OC(/C=C/CCCCCCCCCCC)C(COP(=O)([O-])OCC[N+](C)(C)C)NC(=O)CCCCCCCCCCCCCCCCCCC/C=C\C/C=C\CCCCC. The van der Waals surface area contributed by atoms with Crippen LogP contribution in [0.15, 0.2) is 97.2 Å². The molecule has 0 aliphatic rings. The van der Waals surface area contributed by atoms with E-state index < -0.39 is 26.6 Å². The third-order valence-electron chi connectivity index (χ3n) is 16.5. The summed E-state index contributed by atoms with van der Waals surface area (Å²) in [5.41, 5.74) is 0. The first-order valence-electron chi connectivity index (χ1n) is 37.5. The van der Waals surface area contributed by atoms with E-state index in [1.165, 1.54) is 199 Å². The standard InChI is InChI=1S/C79H143N2O7P/c1-7-10-13-16-19-22-25-27-29-31-33-35-37-39-40-42-43-45-47-49-51-53-56-59-62-65-68-71-78(82)80-76(75-87-89(84,85)86-74-73-81(4,5)6)77(70-67-64-61-58-55-24-21-18-15-12-9-3)88-79(83)72-69-66-63-60-57-54-52-50-48-46-44-41-38-36-34-32-30-28-26-23-20-17-14-11-8-2/h11,14,19-20,22-23,27-30,34,36,41,44,67,70,76-77H,7-10,12-13,15-18,21,24-26,31-33,35,37-40,42-43,45-66,68-69,71-75H2,1-6H3,(H-,80,82,84,85)/b14-11-,22-19-,23-20-,29-27-,30-28-,36-34-,44-41-,70-67+. The van der Waals surface area contributed by atoms with Gasteiger partial charge in [0.15, 0.2) is 0 Å². The van der Waals surface area contributed by atoms with Crippen LogP contribution in [0, 0.1) is 0 Å². The third-order valence-corrected chi connectivity index (χ3v) is 17.5. The number of carbonyl (C=O) groups is 2. The second kappa shape index (κ2) is 67.8. The predicted octanol–water partition coefficient (Wildman–Crippen LogP) is 23.6. The molecule has 0 spiro atoms. The van der Waals surface area contributed by atoms with Crippen LogP contribution in [0.3, 0.4) is 0 Å². The summed E-state index contributed by atoms with van der Waals surface area (Å²) in [4.78, 5) is 40.2. The number of ether oxygens (including phenoxy) is 1. The van der Waals surface area contributed by atoms with Gasteiger partial charge in [0.1, 0.15) is 19.3 Å². The van der Waals surface area contributed by atoms with Gasteiger partial charge >= 0.3 is 5.97 Å². The molecule has 0 aromatic carbocycles. The number of hydrogen-bond acceptors (Lipinski definition) is 7. The molecule has 3 unspecified atom stereocenters. The van der Waals surface area contributed by atoms with Gasteiger partial charge in [0.2, 0.25) is 5.91 Å². The number of allylic oxidation sites excluding steroid dienone is 15. The van der Waals surface area contributed by atoms with Crippen LogP contribution in [-0.2, 0) is 27.9 Å². The Balaban J connectivity index is 4.95. The smallest absolute Gasteiger partial charge is 0.306 e. The van der Waals surface area contributed by atoms with Crippen LogP contribution in [0.25, 0.3) is 0 Å². The summed E-state index contributed by atoms with van der Waals surface area (Å²) in [6, 6.07) is -0.896. The molecular formula is C79H143N2O7P. The zero-order chi connectivity index (χ0) is 64.9. The lowest BCUT2D eigenvalue weighted by Gasteiger charge is -2.30. The molecule has 3 atom stereocenters. The van der Waals surface area contributed by atoms with E-state index in [0.717, 1.165) is 109 Å². The molecule has 0 aromatic rings. The highest BCUT2D eigenvalue weighted by atomic mass is 31.2. The van der Waals surface area contributed by atoms with E-state index in [2.05, 4.69) is 111 Å². The van der Waals surface area contributed by atoms with Gasteiger partial charge < -0.3 is 28.5 Å². The molecular weight excluding hydrogens is 1120 g/mol. The number of unbranched alkanes of at least 4 members (excludes halogenated alkanes) is 38. The quantitative estimate of drug-likeness (QED) is 0.0212. The van der Waals surface area contributed by atoms with Gasteiger partial charge in [-0.1, -0.05) is 317 Å². The Hall–Kier alpha value is -3.07. The van der Waals surface area contributed by atoms with Crippen molar-refractivity contribution in [3.05, 3.63) is 97.2 Å². The fourth-order valence-electron chi connectivity index (χ4n) is 10.8. The highest BCUT2D eigenvalue weighted by molar-refractivity contribution is 7.45. The summed E-state index contributed by atoms with van der Waals surface area (Å²) in [5, 5.41) is 3.05. The fraction of sp³-hybridized carbons (Fsp3) is 0.772. The summed E-state index contributed by atoms with van der Waals surface area (Å²) in [7, 11) is 1.18. The van der Waals surface area contributed by atoms with E-state index in [9.17, 15) is 19.0 Å². The minimum absolute atomic E-state index is 0.0256. The predicted molar refractivity (Wildman–Crippen MR) is 385 cm³/mol. The van der Waals surface area contributed by atoms with Crippen LogP contribution in [0.1, 0.15) is 342 Å². The van der Waals surface area contributed by atoms with Crippen molar-refractivity contribution in [2.45, 2.75) is 354 Å². The molecule has 0 fully saturated rings. The molecule has 10 heteroatoms. The summed E-state index contributed by atoms with van der Waals surface area (Å²) >= 11 is 0. The third kappa shape index (κ3) is 69.1. The molecule has 0 radical (unpaired) electrons. The topological polar surface area (TPSA) is 114 Å². The summed E-state index contributed by atoms with van der Waals surface area (Å²) in [6.45, 7) is 6.73. The maximum absolute atomic E-state index is 13.6. The first-order valence-corrected chi connectivity index (χ1v) is 39.0. The summed E-state index contributed by atoms with van der Waals surface area (Å²) in [5.74, 6) is -0.541. The van der Waals surface area contributed by atoms with Crippen LogP contribution in [0.2, 0.25) is 0 Å². The van der Waals surface area contributed by atoms with Gasteiger partial charge in [-0.2, -0.15) is 0 Å². The van der Waals surface area contributed by atoms with E-state index in [1.54, 1.807) is 0 Å². The second-order valence-electron chi connectivity index (χ2n) is 26.4. The molecule has 9 nitrogen and oxygen atoms in total. The van der Waals surface area contributed by atoms with E-state index >= 15 is 0 Å². The van der Waals surface area contributed by atoms with Crippen molar-refractivity contribution in [3.8, 4) is 0 Å². The maximum atomic E-state index is 13.6. The lowest BCUT2D eigenvalue weighted by molar-refractivity contribution is -0.870. The van der Waals surface area contributed by atoms with Crippen LogP contribution < -0.4 is 10.2 Å². The van der Waals surface area contributed by atoms with Crippen molar-refractivity contribution >= 4 is 19.7 Å². The average molecular weight is 1260 g/mol. The maximum Gasteiger partial charge on any atom is 0.306 e. The number of carbonyl (C=O) groups excluding carboxylic acids is 2. The Bertz CT molecular complexity index is 1840. The van der Waals surface area contributed by atoms with Crippen LogP contribution in [-0.4, -0.2) is 69.4 Å². The molecule has 0 saturated heterocycles. The highest BCUT2D eigenvalue weighted by Gasteiger charge is 2.27. The highest BCUT2D eigenvalue weighted by Crippen LogP contribution is 2.38. The fourth-order valence-corrected chi connectivity index (χ4v) is 11.5. The van der Waals surface area contributed by atoms with E-state index in [0.29, 0.717) is 17.4 Å². The normalized spacial score (nSPS) is 14.0. The largest absolute Gasteiger partial charge is 0.756 e. The van der Waals surface area contributed by atoms with Crippen molar-refractivity contribution < 1.29 is 37.3 Å². The van der Waals surface area contributed by atoms with Crippen molar-refractivity contribution in [3.63, 3.8) is 0 Å². The summed E-state index contributed by atoms with van der Waals surface area (Å²) < 4.78 is 30.5. The number of esters is 1. The first kappa shape index (κ1) is 85.9. The van der Waals surface area contributed by atoms with Gasteiger partial charge in [0.25, 0.3) is 7.82 Å². The number of amides is 1. The first-order chi connectivity index (χ1) is 43.4. The summed E-state index contributed by atoms with van der Waals surface area (Å²) in [6.07, 6.45) is 92.6. The molecule has 0 bridgehead atoms. The molecule has 89 heavy (non-hydrogen) atoms.